The summed E-state index contributed by atoms with van der Waals surface area (Å²) in [6, 6.07) is 17.1. The molecular weight excluding hydrogens is 380 g/mol. The highest BCUT2D eigenvalue weighted by molar-refractivity contribution is 6.11. The molecule has 0 fully saturated rings. The number of nitrogens with zero attached hydrogens (tertiary/aromatic N) is 2. The fraction of sp³-hybridized carbons (Fsp3) is 0.250. The highest BCUT2D eigenvalue weighted by Gasteiger charge is 2.29. The Morgan fingerprint density at radius 1 is 0.871 bits per heavy atom. The molecule has 1 aliphatic carbocycles. The maximum Gasteiger partial charge on any atom is 0.199 e. The average molecular weight is 412 g/mol. The van der Waals surface area contributed by atoms with Crippen LogP contribution in [0.15, 0.2) is 84.5 Å². The van der Waals surface area contributed by atoms with Crippen molar-refractivity contribution in [1.82, 2.24) is 0 Å². The van der Waals surface area contributed by atoms with Crippen molar-refractivity contribution >= 4 is 22.5 Å². The van der Waals surface area contributed by atoms with Crippen LogP contribution in [0.3, 0.4) is 0 Å². The van der Waals surface area contributed by atoms with Gasteiger partial charge in [-0.05, 0) is 72.6 Å². The summed E-state index contributed by atoms with van der Waals surface area (Å²) in [5, 5.41) is 0. The first-order valence-electron chi connectivity index (χ1n) is 10.7. The van der Waals surface area contributed by atoms with Gasteiger partial charge in [-0.15, -0.1) is 0 Å². The number of rotatable bonds is 3. The van der Waals surface area contributed by atoms with Gasteiger partial charge in [-0.25, -0.2) is 4.58 Å². The van der Waals surface area contributed by atoms with Gasteiger partial charge < -0.3 is 9.64 Å². The molecule has 0 atom stereocenters. The van der Waals surface area contributed by atoms with E-state index in [1.165, 1.54) is 33.7 Å². The van der Waals surface area contributed by atoms with Crippen LogP contribution in [0, 0.1) is 0 Å². The van der Waals surface area contributed by atoms with Crippen molar-refractivity contribution < 1.29 is 9.31 Å². The summed E-state index contributed by atoms with van der Waals surface area (Å²) in [6.07, 6.45) is 11.1. The highest BCUT2D eigenvalue weighted by Crippen LogP contribution is 2.44. The number of fused-ring (bicyclic) bond motifs is 1. The number of para-hydroxylation sites is 1. The van der Waals surface area contributed by atoms with Crippen molar-refractivity contribution in [3.63, 3.8) is 0 Å². The monoisotopic (exact) mass is 411 g/mol. The molecule has 0 aromatic heterocycles. The highest BCUT2D eigenvalue weighted by atomic mass is 16.5. The normalized spacial score (nSPS) is 16.4. The van der Waals surface area contributed by atoms with Crippen LogP contribution in [0.1, 0.15) is 25.0 Å². The molecule has 0 saturated heterocycles. The molecule has 0 N–H and O–H groups in total. The molecule has 0 bridgehead atoms. The Labute approximate surface area is 186 Å². The van der Waals surface area contributed by atoms with Gasteiger partial charge >= 0.3 is 0 Å². The zero-order valence-electron chi connectivity index (χ0n) is 19.3. The summed E-state index contributed by atoms with van der Waals surface area (Å²) in [5.74, 6) is 0.928. The van der Waals surface area contributed by atoms with E-state index in [2.05, 4.69) is 124 Å². The Kier molecular flexibility index (Phi) is 5.45. The summed E-state index contributed by atoms with van der Waals surface area (Å²) in [4.78, 5) is 2.13. The Balaban J connectivity index is 1.95. The van der Waals surface area contributed by atoms with E-state index in [1.807, 2.05) is 6.07 Å². The van der Waals surface area contributed by atoms with E-state index in [9.17, 15) is 0 Å². The van der Waals surface area contributed by atoms with E-state index in [-0.39, 0.29) is 5.60 Å². The first-order chi connectivity index (χ1) is 14.7. The van der Waals surface area contributed by atoms with Crippen LogP contribution >= 0.6 is 0 Å². The summed E-state index contributed by atoms with van der Waals surface area (Å²) < 4.78 is 8.40. The van der Waals surface area contributed by atoms with Gasteiger partial charge in [-0.1, -0.05) is 30.3 Å². The molecule has 2 aromatic carbocycles. The molecule has 31 heavy (non-hydrogen) atoms. The van der Waals surface area contributed by atoms with Crippen LogP contribution in [0.25, 0.3) is 11.1 Å². The summed E-state index contributed by atoms with van der Waals surface area (Å²) in [5.41, 5.74) is 7.94. The summed E-state index contributed by atoms with van der Waals surface area (Å²) in [6.45, 7) is 4.23. The molecule has 1 aliphatic heterocycles. The Morgan fingerprint density at radius 2 is 1.52 bits per heavy atom. The van der Waals surface area contributed by atoms with Crippen molar-refractivity contribution in [2.75, 3.05) is 33.1 Å². The molecule has 4 rings (SSSR count). The van der Waals surface area contributed by atoms with E-state index < -0.39 is 0 Å². The van der Waals surface area contributed by atoms with Gasteiger partial charge in [0, 0.05) is 37.5 Å². The second kappa shape index (κ2) is 8.07. The van der Waals surface area contributed by atoms with E-state index in [0.29, 0.717) is 0 Å². The molecule has 0 spiro atoms. The van der Waals surface area contributed by atoms with Crippen molar-refractivity contribution in [1.29, 1.82) is 0 Å². The number of hydrogen-bond donors (Lipinski definition) is 0. The molecule has 158 valence electrons. The standard InChI is InChI=1S/C28H31N2O/c1-28(2)19-25(24-9-7-8-10-26(24)31-28)27(20-11-15-22(16-12-20)29(3)4)21-13-17-23(18-14-21)30(5)6/h7-19H,1-6H3/q+1. The lowest BCUT2D eigenvalue weighted by Crippen LogP contribution is -2.29. The number of hydrogen-bond acceptors (Lipinski definition) is 2. The molecule has 3 heteroatoms. The van der Waals surface area contributed by atoms with Crippen LogP contribution < -0.4 is 9.64 Å². The topological polar surface area (TPSA) is 15.5 Å². The lowest BCUT2D eigenvalue weighted by Gasteiger charge is -2.32. The van der Waals surface area contributed by atoms with Gasteiger partial charge in [0.2, 0.25) is 0 Å². The molecule has 1 heterocycles. The Hall–Kier alpha value is -3.33. The molecule has 2 aromatic rings. The van der Waals surface area contributed by atoms with Crippen LogP contribution in [0.5, 0.6) is 5.75 Å². The zero-order valence-corrected chi connectivity index (χ0v) is 19.3. The largest absolute Gasteiger partial charge is 0.483 e. The van der Waals surface area contributed by atoms with Gasteiger partial charge in [0.15, 0.2) is 5.71 Å². The Morgan fingerprint density at radius 3 is 2.13 bits per heavy atom. The maximum absolute atomic E-state index is 6.27. The van der Waals surface area contributed by atoms with Crippen LogP contribution in [-0.4, -0.2) is 44.1 Å². The van der Waals surface area contributed by atoms with Gasteiger partial charge in [0.05, 0.1) is 0 Å². The molecular formula is C28H31N2O+. The smallest absolute Gasteiger partial charge is 0.199 e. The number of anilines is 1. The molecule has 2 aliphatic rings. The maximum atomic E-state index is 6.27. The van der Waals surface area contributed by atoms with E-state index in [1.54, 1.807) is 0 Å². The number of ether oxygens (including phenoxy) is 1. The second-order valence-corrected chi connectivity index (χ2v) is 9.02. The van der Waals surface area contributed by atoms with Crippen molar-refractivity contribution in [2.45, 2.75) is 19.4 Å². The van der Waals surface area contributed by atoms with E-state index >= 15 is 0 Å². The summed E-state index contributed by atoms with van der Waals surface area (Å²) in [7, 11) is 8.28. The molecule has 0 saturated carbocycles. The third kappa shape index (κ3) is 4.27. The van der Waals surface area contributed by atoms with Crippen molar-refractivity contribution in [3.05, 3.63) is 95.6 Å². The second-order valence-electron chi connectivity index (χ2n) is 9.02. The van der Waals surface area contributed by atoms with Crippen LogP contribution in [0.2, 0.25) is 0 Å². The quantitative estimate of drug-likeness (QED) is 0.611. The van der Waals surface area contributed by atoms with Gasteiger partial charge in [0.1, 0.15) is 25.4 Å². The third-order valence-electron chi connectivity index (χ3n) is 5.66. The number of benzene rings is 2. The van der Waals surface area contributed by atoms with E-state index in [0.717, 1.165) is 11.3 Å². The lowest BCUT2D eigenvalue weighted by molar-refractivity contribution is -0.462. The minimum Gasteiger partial charge on any atom is -0.483 e. The van der Waals surface area contributed by atoms with Crippen molar-refractivity contribution in [2.24, 2.45) is 0 Å². The SMILES string of the molecule is CN(C)c1ccc(C(C2=CC(C)(C)Oc3ccccc32)=C2C=CC(=[N+](C)C)C=C2)cc1. The Bertz CT molecular complexity index is 1130. The van der Waals surface area contributed by atoms with Gasteiger partial charge in [0.25, 0.3) is 0 Å². The fourth-order valence-corrected chi connectivity index (χ4v) is 4.05. The molecule has 3 nitrogen and oxygen atoms in total. The molecule has 0 amide bonds. The van der Waals surface area contributed by atoms with Gasteiger partial charge in [-0.2, -0.15) is 0 Å². The first kappa shape index (κ1) is 20.9. The third-order valence-corrected chi connectivity index (χ3v) is 5.66. The van der Waals surface area contributed by atoms with Crippen LogP contribution in [-0.2, 0) is 0 Å². The minimum absolute atomic E-state index is 0.387. The molecule has 0 unspecified atom stereocenters. The predicted octanol–water partition coefficient (Wildman–Crippen LogP) is 5.60. The van der Waals surface area contributed by atoms with Gasteiger partial charge in [-0.3, -0.25) is 0 Å². The van der Waals surface area contributed by atoms with Crippen molar-refractivity contribution in [3.8, 4) is 5.75 Å². The van der Waals surface area contributed by atoms with E-state index in [4.69, 9.17) is 4.74 Å². The predicted molar refractivity (Wildman–Crippen MR) is 132 cm³/mol. The molecule has 0 radical (unpaired) electrons. The van der Waals surface area contributed by atoms with Crippen LogP contribution in [0.4, 0.5) is 5.69 Å². The number of allylic oxidation sites excluding steroid dienone is 7. The first-order valence-corrected chi connectivity index (χ1v) is 10.7. The fourth-order valence-electron chi connectivity index (χ4n) is 4.05. The average Bonchev–Trinajstić information content (AvgIpc) is 2.74. The lowest BCUT2D eigenvalue weighted by atomic mass is 9.83. The zero-order chi connectivity index (χ0) is 22.2. The minimum atomic E-state index is -0.387. The summed E-state index contributed by atoms with van der Waals surface area (Å²) >= 11 is 0.